The van der Waals surface area contributed by atoms with E-state index in [4.69, 9.17) is 21.1 Å². The molecule has 0 aromatic heterocycles. The molecule has 7 heteroatoms. The fourth-order valence-corrected chi connectivity index (χ4v) is 7.53. The predicted molar refractivity (Wildman–Crippen MR) is 136 cm³/mol. The van der Waals surface area contributed by atoms with Gasteiger partial charge in [-0.1, -0.05) is 11.6 Å². The van der Waals surface area contributed by atoms with Crippen LogP contribution in [0.2, 0.25) is 5.02 Å². The summed E-state index contributed by atoms with van der Waals surface area (Å²) < 4.78 is 12.4. The first-order valence-corrected chi connectivity index (χ1v) is 13.9. The van der Waals surface area contributed by atoms with Gasteiger partial charge in [0.1, 0.15) is 23.7 Å². The molecular formula is C27H29ClN2O3S. The van der Waals surface area contributed by atoms with Gasteiger partial charge in [0.2, 0.25) is 0 Å². The van der Waals surface area contributed by atoms with E-state index in [2.05, 4.69) is 11.9 Å². The van der Waals surface area contributed by atoms with Crippen LogP contribution in [0.25, 0.3) is 0 Å². The summed E-state index contributed by atoms with van der Waals surface area (Å²) in [6, 6.07) is 12.3. The molecule has 178 valence electrons. The van der Waals surface area contributed by atoms with Gasteiger partial charge in [-0.15, -0.1) is 0 Å². The smallest absolute Gasteiger partial charge is 0.258 e. The molecule has 1 unspecified atom stereocenters. The number of ether oxygens (including phenoxy) is 2. The molecule has 2 aromatic rings. The van der Waals surface area contributed by atoms with Crippen LogP contribution in [0.15, 0.2) is 36.4 Å². The summed E-state index contributed by atoms with van der Waals surface area (Å²) in [5.74, 6) is 4.47. The van der Waals surface area contributed by atoms with E-state index in [0.717, 1.165) is 65.0 Å². The van der Waals surface area contributed by atoms with E-state index in [-0.39, 0.29) is 12.0 Å². The number of likely N-dealkylation sites (tertiary alicyclic amines) is 1. The molecule has 0 radical (unpaired) electrons. The Kier molecular flexibility index (Phi) is 4.91. The summed E-state index contributed by atoms with van der Waals surface area (Å²) in [6.45, 7) is 0.630. The first-order valence-electron chi connectivity index (χ1n) is 12.4. The Balaban J connectivity index is 1.05. The molecule has 5 atom stereocenters. The number of benzene rings is 2. The Hall–Kier alpha value is -1.89. The number of likely N-dealkylation sites (N-methyl/N-ethyl adjacent to an activating group) is 1. The lowest BCUT2D eigenvalue weighted by Gasteiger charge is -2.43. The third-order valence-electron chi connectivity index (χ3n) is 8.86. The van der Waals surface area contributed by atoms with Crippen molar-refractivity contribution >= 4 is 35.0 Å². The lowest BCUT2D eigenvalue weighted by atomic mass is 9.64. The van der Waals surface area contributed by atoms with Crippen LogP contribution in [0.5, 0.6) is 11.5 Å². The Morgan fingerprint density at radius 2 is 1.97 bits per heavy atom. The summed E-state index contributed by atoms with van der Waals surface area (Å²) in [5, 5.41) is 0.577. The third kappa shape index (κ3) is 3.21. The average Bonchev–Trinajstić information content (AvgIpc) is 3.41. The number of halogens is 1. The van der Waals surface area contributed by atoms with Gasteiger partial charge >= 0.3 is 0 Å². The molecule has 4 fully saturated rings. The first kappa shape index (κ1) is 21.4. The van der Waals surface area contributed by atoms with Crippen molar-refractivity contribution in [1.82, 2.24) is 4.90 Å². The zero-order chi connectivity index (χ0) is 23.0. The standard InChI is InChI=1S/C27H29ClN2O3S/c1-29-25-13-20(11-17-6-8-27(17,25)29)33-24-5-2-18(12-23(24)28)30-9-7-16-10-19(32-21-14-34-15-21)3-4-22(16)26(30)31/h2-5,10,12,17,20-21,25H,6-9,11,13-15H2,1H3/t17-,20+,25-,27?,29-/m1/s1. The molecule has 2 aliphatic carbocycles. The maximum atomic E-state index is 13.3. The normalized spacial score (nSPS) is 33.7. The number of anilines is 1. The fraction of sp³-hybridized carbons (Fsp3) is 0.519. The SMILES string of the molecule is C[N@]1[C@@H]2C[C@@H](Oc3ccc(N4CCc5cc(OC6CSC6)ccc5C4=O)cc3Cl)C[C@H]3CCC321. The maximum absolute atomic E-state index is 13.3. The second-order valence-electron chi connectivity index (χ2n) is 10.5. The van der Waals surface area contributed by atoms with Crippen molar-refractivity contribution in [2.75, 3.05) is 30.0 Å². The lowest BCUT2D eigenvalue weighted by Crippen LogP contribution is -2.46. The summed E-state index contributed by atoms with van der Waals surface area (Å²) in [5.41, 5.74) is 3.13. The number of fused-ring (bicyclic) bond motifs is 1. The van der Waals surface area contributed by atoms with E-state index in [1.54, 1.807) is 0 Å². The molecule has 1 spiro atoms. The van der Waals surface area contributed by atoms with E-state index in [1.807, 2.05) is 53.1 Å². The van der Waals surface area contributed by atoms with E-state index in [1.165, 1.54) is 12.8 Å². The van der Waals surface area contributed by atoms with Gasteiger partial charge in [-0.05, 0) is 80.6 Å². The second-order valence-corrected chi connectivity index (χ2v) is 12.0. The van der Waals surface area contributed by atoms with Crippen molar-refractivity contribution in [3.05, 3.63) is 52.5 Å². The van der Waals surface area contributed by atoms with Crippen molar-refractivity contribution in [2.24, 2.45) is 5.92 Å². The Bertz CT molecular complexity index is 1160. The molecular weight excluding hydrogens is 468 g/mol. The van der Waals surface area contributed by atoms with Gasteiger partial charge in [-0.2, -0.15) is 11.8 Å². The summed E-state index contributed by atoms with van der Waals surface area (Å²) in [6.07, 6.45) is 6.19. The van der Waals surface area contributed by atoms with Crippen LogP contribution in [0, 0.1) is 5.92 Å². The molecule has 3 aliphatic heterocycles. The van der Waals surface area contributed by atoms with Gasteiger partial charge in [-0.3, -0.25) is 9.69 Å². The highest BCUT2D eigenvalue weighted by molar-refractivity contribution is 8.00. The maximum Gasteiger partial charge on any atom is 0.258 e. The minimum Gasteiger partial charge on any atom is -0.489 e. The fourth-order valence-electron chi connectivity index (χ4n) is 6.75. The van der Waals surface area contributed by atoms with Gasteiger partial charge in [0.25, 0.3) is 5.91 Å². The van der Waals surface area contributed by atoms with Crippen LogP contribution in [0.3, 0.4) is 0 Å². The highest BCUT2D eigenvalue weighted by Gasteiger charge is 2.71. The van der Waals surface area contributed by atoms with E-state index >= 15 is 0 Å². The number of thioether (sulfide) groups is 1. The van der Waals surface area contributed by atoms with Gasteiger partial charge in [0.15, 0.2) is 0 Å². The molecule has 0 N–H and O–H groups in total. The molecule has 2 aromatic carbocycles. The average molecular weight is 497 g/mol. The number of hydrogen-bond acceptors (Lipinski definition) is 5. The zero-order valence-corrected chi connectivity index (χ0v) is 20.9. The topological polar surface area (TPSA) is 41.8 Å². The van der Waals surface area contributed by atoms with Gasteiger partial charge in [-0.25, -0.2) is 0 Å². The van der Waals surface area contributed by atoms with Crippen molar-refractivity contribution in [2.45, 2.75) is 55.9 Å². The summed E-state index contributed by atoms with van der Waals surface area (Å²) in [4.78, 5) is 17.7. The molecule has 34 heavy (non-hydrogen) atoms. The molecule has 3 heterocycles. The Morgan fingerprint density at radius 3 is 2.68 bits per heavy atom. The molecule has 2 saturated heterocycles. The van der Waals surface area contributed by atoms with Gasteiger partial charge in [0, 0.05) is 47.3 Å². The Morgan fingerprint density at radius 1 is 1.09 bits per heavy atom. The van der Waals surface area contributed by atoms with Crippen LogP contribution in [-0.4, -0.2) is 59.7 Å². The van der Waals surface area contributed by atoms with Crippen molar-refractivity contribution in [3.63, 3.8) is 0 Å². The molecule has 1 amide bonds. The second kappa shape index (κ2) is 7.81. The van der Waals surface area contributed by atoms with Gasteiger partial charge < -0.3 is 14.4 Å². The van der Waals surface area contributed by atoms with Crippen LogP contribution < -0.4 is 14.4 Å². The number of nitrogens with zero attached hydrogens (tertiary/aromatic N) is 2. The molecule has 2 saturated carbocycles. The third-order valence-corrected chi connectivity index (χ3v) is 10.4. The van der Waals surface area contributed by atoms with Crippen LogP contribution in [-0.2, 0) is 6.42 Å². The van der Waals surface area contributed by atoms with Gasteiger partial charge in [0.05, 0.1) is 5.02 Å². The molecule has 5 aliphatic rings. The summed E-state index contributed by atoms with van der Waals surface area (Å²) >= 11 is 8.57. The predicted octanol–water partition coefficient (Wildman–Crippen LogP) is 5.04. The Labute approximate surface area is 209 Å². The molecule has 0 bridgehead atoms. The van der Waals surface area contributed by atoms with Crippen molar-refractivity contribution in [1.29, 1.82) is 0 Å². The largest absolute Gasteiger partial charge is 0.489 e. The summed E-state index contributed by atoms with van der Waals surface area (Å²) in [7, 11) is 2.26. The highest BCUT2D eigenvalue weighted by Crippen LogP contribution is 2.64. The number of carbonyl (C=O) groups excluding carboxylic acids is 1. The number of rotatable bonds is 5. The number of hydrogen-bond donors (Lipinski definition) is 0. The van der Waals surface area contributed by atoms with E-state index in [9.17, 15) is 4.79 Å². The van der Waals surface area contributed by atoms with Crippen molar-refractivity contribution < 1.29 is 14.3 Å². The quantitative estimate of drug-likeness (QED) is 0.542. The van der Waals surface area contributed by atoms with E-state index in [0.29, 0.717) is 29.3 Å². The molecule has 5 nitrogen and oxygen atoms in total. The first-order chi connectivity index (χ1) is 16.5. The zero-order valence-electron chi connectivity index (χ0n) is 19.3. The lowest BCUT2D eigenvalue weighted by molar-refractivity contribution is 0.0655. The number of carbonyl (C=O) groups is 1. The monoisotopic (exact) mass is 496 g/mol. The van der Waals surface area contributed by atoms with Crippen LogP contribution in [0.1, 0.15) is 41.6 Å². The minimum atomic E-state index is 0.0158. The molecule has 7 rings (SSSR count). The minimum absolute atomic E-state index is 0.0158. The van der Waals surface area contributed by atoms with Crippen LogP contribution >= 0.6 is 23.4 Å². The van der Waals surface area contributed by atoms with E-state index < -0.39 is 0 Å². The number of amides is 1. The van der Waals surface area contributed by atoms with Crippen LogP contribution in [0.4, 0.5) is 5.69 Å². The van der Waals surface area contributed by atoms with Crippen molar-refractivity contribution in [3.8, 4) is 11.5 Å². The highest BCUT2D eigenvalue weighted by atomic mass is 35.5.